The lowest BCUT2D eigenvalue weighted by Crippen LogP contribution is -2.01. The zero-order valence-corrected chi connectivity index (χ0v) is 11.9. The molecular formula is C17H18O3. The maximum atomic E-state index is 11.0. The molecule has 0 aliphatic carbocycles. The minimum Gasteiger partial charge on any atom is -0.489 e. The van der Waals surface area contributed by atoms with Crippen LogP contribution >= 0.6 is 0 Å². The monoisotopic (exact) mass is 270 g/mol. The van der Waals surface area contributed by atoms with Crippen molar-refractivity contribution in [1.29, 1.82) is 0 Å². The highest BCUT2D eigenvalue weighted by Gasteiger charge is 2.07. The topological polar surface area (TPSA) is 46.5 Å². The van der Waals surface area contributed by atoms with Gasteiger partial charge in [-0.25, -0.2) is 4.79 Å². The van der Waals surface area contributed by atoms with Gasteiger partial charge in [0.15, 0.2) is 0 Å². The summed E-state index contributed by atoms with van der Waals surface area (Å²) < 4.78 is 5.76. The Morgan fingerprint density at radius 2 is 1.70 bits per heavy atom. The van der Waals surface area contributed by atoms with Crippen molar-refractivity contribution < 1.29 is 14.6 Å². The summed E-state index contributed by atoms with van der Waals surface area (Å²) in [5.74, 6) is -0.328. The van der Waals surface area contributed by atoms with Gasteiger partial charge in [0.05, 0.1) is 5.56 Å². The highest BCUT2D eigenvalue weighted by molar-refractivity contribution is 5.88. The van der Waals surface area contributed by atoms with Gasteiger partial charge >= 0.3 is 5.97 Å². The first-order chi connectivity index (χ1) is 9.45. The molecule has 2 aromatic rings. The van der Waals surface area contributed by atoms with Crippen LogP contribution in [0.25, 0.3) is 0 Å². The number of hydrogen-bond acceptors (Lipinski definition) is 2. The van der Waals surface area contributed by atoms with E-state index in [1.165, 1.54) is 11.1 Å². The van der Waals surface area contributed by atoms with Crippen LogP contribution in [-0.2, 0) is 6.61 Å². The number of rotatable bonds is 4. The third-order valence-corrected chi connectivity index (χ3v) is 3.11. The second-order valence-corrected chi connectivity index (χ2v) is 5.07. The largest absolute Gasteiger partial charge is 0.489 e. The highest BCUT2D eigenvalue weighted by atomic mass is 16.5. The Morgan fingerprint density at radius 3 is 2.30 bits per heavy atom. The summed E-state index contributed by atoms with van der Waals surface area (Å²) in [6.45, 7) is 6.44. The molecule has 2 aromatic carbocycles. The van der Waals surface area contributed by atoms with Crippen molar-refractivity contribution in [1.82, 2.24) is 0 Å². The third-order valence-electron chi connectivity index (χ3n) is 3.11. The van der Waals surface area contributed by atoms with Crippen LogP contribution in [-0.4, -0.2) is 11.1 Å². The quantitative estimate of drug-likeness (QED) is 0.916. The fourth-order valence-corrected chi connectivity index (χ4v) is 2.20. The number of carboxylic acid groups (broad SMARTS) is 1. The molecule has 0 saturated carbocycles. The van der Waals surface area contributed by atoms with Crippen LogP contribution in [0.4, 0.5) is 0 Å². The van der Waals surface area contributed by atoms with Gasteiger partial charge in [0.25, 0.3) is 0 Å². The molecule has 1 N–H and O–H groups in total. The molecular weight excluding hydrogens is 252 g/mol. The number of aromatic carboxylic acids is 1. The fraction of sp³-hybridized carbons (Fsp3) is 0.235. The van der Waals surface area contributed by atoms with Gasteiger partial charge in [-0.15, -0.1) is 0 Å². The second kappa shape index (κ2) is 5.78. The maximum absolute atomic E-state index is 11.0. The number of hydrogen-bond donors (Lipinski definition) is 1. The molecule has 0 bridgehead atoms. The van der Waals surface area contributed by atoms with Crippen molar-refractivity contribution in [3.8, 4) is 5.75 Å². The van der Waals surface area contributed by atoms with Gasteiger partial charge in [-0.1, -0.05) is 35.4 Å². The SMILES string of the molecule is Cc1cc(C)cc(COc2cc(C(=O)O)ccc2C)c1. The van der Waals surface area contributed by atoms with E-state index in [0.717, 1.165) is 11.1 Å². The molecule has 2 rings (SSSR count). The van der Waals surface area contributed by atoms with Gasteiger partial charge < -0.3 is 9.84 Å². The van der Waals surface area contributed by atoms with Crippen LogP contribution in [0.1, 0.15) is 32.6 Å². The number of carboxylic acids is 1. The Kier molecular flexibility index (Phi) is 4.08. The molecule has 0 spiro atoms. The van der Waals surface area contributed by atoms with E-state index in [1.807, 2.05) is 20.8 Å². The van der Waals surface area contributed by atoms with Crippen molar-refractivity contribution in [3.63, 3.8) is 0 Å². The number of benzene rings is 2. The molecule has 3 heteroatoms. The number of carbonyl (C=O) groups is 1. The van der Waals surface area contributed by atoms with E-state index in [9.17, 15) is 4.79 Å². The lowest BCUT2D eigenvalue weighted by molar-refractivity contribution is 0.0696. The van der Waals surface area contributed by atoms with Crippen LogP contribution in [0.15, 0.2) is 36.4 Å². The lowest BCUT2D eigenvalue weighted by atomic mass is 10.1. The van der Waals surface area contributed by atoms with Crippen LogP contribution < -0.4 is 4.74 Å². The summed E-state index contributed by atoms with van der Waals surface area (Å²) in [6.07, 6.45) is 0. The van der Waals surface area contributed by atoms with Gasteiger partial charge in [-0.2, -0.15) is 0 Å². The first-order valence-corrected chi connectivity index (χ1v) is 6.49. The smallest absolute Gasteiger partial charge is 0.335 e. The van der Waals surface area contributed by atoms with Gasteiger partial charge in [-0.3, -0.25) is 0 Å². The van der Waals surface area contributed by atoms with Gasteiger partial charge in [0.2, 0.25) is 0 Å². The molecule has 104 valence electrons. The molecule has 3 nitrogen and oxygen atoms in total. The van der Waals surface area contributed by atoms with Crippen LogP contribution in [0.2, 0.25) is 0 Å². The molecule has 0 aromatic heterocycles. The van der Waals surface area contributed by atoms with Gasteiger partial charge in [-0.05, 0) is 44.0 Å². The molecule has 0 amide bonds. The molecule has 0 atom stereocenters. The van der Waals surface area contributed by atoms with E-state index >= 15 is 0 Å². The van der Waals surface area contributed by atoms with E-state index in [-0.39, 0.29) is 5.56 Å². The average molecular weight is 270 g/mol. The molecule has 0 aliphatic heterocycles. The second-order valence-electron chi connectivity index (χ2n) is 5.07. The first kappa shape index (κ1) is 14.1. The van der Waals surface area contributed by atoms with Crippen molar-refractivity contribution in [2.24, 2.45) is 0 Å². The van der Waals surface area contributed by atoms with Crippen molar-refractivity contribution in [2.75, 3.05) is 0 Å². The first-order valence-electron chi connectivity index (χ1n) is 6.49. The molecule has 0 aliphatic rings. The molecule has 0 saturated heterocycles. The maximum Gasteiger partial charge on any atom is 0.335 e. The van der Waals surface area contributed by atoms with Gasteiger partial charge in [0.1, 0.15) is 12.4 Å². The average Bonchev–Trinajstić information content (AvgIpc) is 2.36. The summed E-state index contributed by atoms with van der Waals surface area (Å²) in [7, 11) is 0. The Bertz CT molecular complexity index is 624. The molecule has 0 radical (unpaired) electrons. The predicted molar refractivity (Wildman–Crippen MR) is 78.4 cm³/mol. The van der Waals surface area contributed by atoms with Crippen LogP contribution in [0.5, 0.6) is 5.75 Å². The Morgan fingerprint density at radius 1 is 1.05 bits per heavy atom. The summed E-state index contributed by atoms with van der Waals surface area (Å²) >= 11 is 0. The lowest BCUT2D eigenvalue weighted by Gasteiger charge is -2.11. The Hall–Kier alpha value is -2.29. The Labute approximate surface area is 118 Å². The third kappa shape index (κ3) is 3.38. The van der Waals surface area contributed by atoms with Crippen LogP contribution in [0.3, 0.4) is 0 Å². The normalized spacial score (nSPS) is 10.3. The molecule has 0 heterocycles. The van der Waals surface area contributed by atoms with Crippen molar-refractivity contribution >= 4 is 5.97 Å². The van der Waals surface area contributed by atoms with Crippen molar-refractivity contribution in [3.05, 3.63) is 64.2 Å². The zero-order valence-electron chi connectivity index (χ0n) is 11.9. The Balaban J connectivity index is 2.18. The highest BCUT2D eigenvalue weighted by Crippen LogP contribution is 2.21. The summed E-state index contributed by atoms with van der Waals surface area (Å²) in [5, 5.41) is 9.00. The van der Waals surface area contributed by atoms with Crippen molar-refractivity contribution in [2.45, 2.75) is 27.4 Å². The zero-order chi connectivity index (χ0) is 14.7. The summed E-state index contributed by atoms with van der Waals surface area (Å²) in [6, 6.07) is 11.2. The predicted octanol–water partition coefficient (Wildman–Crippen LogP) is 3.89. The standard InChI is InChI=1S/C17H18O3/c1-11-6-12(2)8-14(7-11)10-20-16-9-15(17(18)19)5-4-13(16)3/h4-9H,10H2,1-3H3,(H,18,19). The minimum absolute atomic E-state index is 0.242. The summed E-state index contributed by atoms with van der Waals surface area (Å²) in [5.41, 5.74) is 4.65. The van der Waals surface area contributed by atoms with E-state index in [0.29, 0.717) is 12.4 Å². The number of ether oxygens (including phenoxy) is 1. The van der Waals surface area contributed by atoms with Gasteiger partial charge in [0, 0.05) is 0 Å². The van der Waals surface area contributed by atoms with E-state index in [4.69, 9.17) is 9.84 Å². The van der Waals surface area contributed by atoms with Crippen LogP contribution in [0, 0.1) is 20.8 Å². The van der Waals surface area contributed by atoms with E-state index in [1.54, 1.807) is 18.2 Å². The number of aryl methyl sites for hydroxylation is 3. The molecule has 20 heavy (non-hydrogen) atoms. The van der Waals surface area contributed by atoms with E-state index < -0.39 is 5.97 Å². The minimum atomic E-state index is -0.943. The fourth-order valence-electron chi connectivity index (χ4n) is 2.20. The molecule has 0 fully saturated rings. The van der Waals surface area contributed by atoms with E-state index in [2.05, 4.69) is 18.2 Å². The molecule has 0 unspecified atom stereocenters. The summed E-state index contributed by atoms with van der Waals surface area (Å²) in [4.78, 5) is 11.0.